The Morgan fingerprint density at radius 2 is 2.26 bits per heavy atom. The zero-order valence-electron chi connectivity index (χ0n) is 13.7. The van der Waals surface area contributed by atoms with E-state index in [-0.39, 0.29) is 6.04 Å². The fraction of sp³-hybridized carbons (Fsp3) is 0.667. The van der Waals surface area contributed by atoms with Gasteiger partial charge < -0.3 is 4.90 Å². The van der Waals surface area contributed by atoms with E-state index in [4.69, 9.17) is 0 Å². The van der Waals surface area contributed by atoms with Crippen molar-refractivity contribution in [1.29, 1.82) is 0 Å². The first-order valence-electron chi connectivity index (χ1n) is 8.82. The first kappa shape index (κ1) is 17.2. The van der Waals surface area contributed by atoms with Crippen LogP contribution in [0.4, 0.5) is 0 Å². The quantitative estimate of drug-likeness (QED) is 0.542. The van der Waals surface area contributed by atoms with E-state index in [1.54, 1.807) is 6.20 Å². The molecule has 3 rings (SSSR count). The van der Waals surface area contributed by atoms with Gasteiger partial charge in [-0.15, -0.1) is 0 Å². The maximum atomic E-state index is 12.7. The molecule has 0 radical (unpaired) electrons. The number of hydrogen-bond acceptors (Lipinski definition) is 4. The third-order valence-corrected chi connectivity index (χ3v) is 7.79. The smallest absolute Gasteiger partial charge is 0.223 e. The van der Waals surface area contributed by atoms with Crippen molar-refractivity contribution < 1.29 is 4.79 Å². The summed E-state index contributed by atoms with van der Waals surface area (Å²) in [6.07, 6.45) is 12.7. The zero-order valence-corrected chi connectivity index (χ0v) is 15.3. The zero-order chi connectivity index (χ0) is 15.9. The molecule has 0 spiro atoms. The van der Waals surface area contributed by atoms with Gasteiger partial charge in [-0.1, -0.05) is 34.1 Å². The molecular weight excluding hydrogens is 324 g/mol. The minimum absolute atomic E-state index is 0.242. The second-order valence-electron chi connectivity index (χ2n) is 6.46. The van der Waals surface area contributed by atoms with E-state index < -0.39 is 0 Å². The molecule has 1 aromatic heterocycles. The Hall–Kier alpha value is -0.680. The number of nitrogens with zero attached hydrogens (tertiary/aromatic N) is 2. The maximum Gasteiger partial charge on any atom is 0.223 e. The molecule has 0 unspecified atom stereocenters. The number of carbonyl (C=O) groups is 1. The van der Waals surface area contributed by atoms with Crippen LogP contribution in [-0.4, -0.2) is 33.3 Å². The molecule has 23 heavy (non-hydrogen) atoms. The van der Waals surface area contributed by atoms with Crippen molar-refractivity contribution in [2.24, 2.45) is 0 Å². The summed E-state index contributed by atoms with van der Waals surface area (Å²) < 4.78 is 0. The second-order valence-corrected chi connectivity index (χ2v) is 9.25. The van der Waals surface area contributed by atoms with Crippen LogP contribution in [-0.2, 0) is 4.79 Å². The number of piperidine rings is 1. The molecule has 2 fully saturated rings. The summed E-state index contributed by atoms with van der Waals surface area (Å²) in [6.45, 7) is 0.910. The molecule has 0 saturated carbocycles. The topological polar surface area (TPSA) is 33.2 Å². The Kier molecular flexibility index (Phi) is 6.69. The molecular formula is C18H26N2OS2. The minimum atomic E-state index is 0.242. The van der Waals surface area contributed by atoms with Crippen molar-refractivity contribution in [1.82, 2.24) is 9.88 Å². The van der Waals surface area contributed by atoms with Crippen LogP contribution in [0, 0.1) is 0 Å². The second kappa shape index (κ2) is 8.97. The molecule has 0 aromatic carbocycles. The van der Waals surface area contributed by atoms with E-state index in [2.05, 4.69) is 16.0 Å². The number of unbranched alkanes of at least 4 members (excludes halogenated alkanes) is 1. The molecule has 2 atom stereocenters. The molecule has 1 aromatic rings. The van der Waals surface area contributed by atoms with Crippen LogP contribution >= 0.6 is 21.6 Å². The molecule has 2 aliphatic rings. The number of aromatic nitrogens is 1. The number of likely N-dealkylation sites (tertiary alicyclic amines) is 1. The van der Waals surface area contributed by atoms with Crippen molar-refractivity contribution in [3.63, 3.8) is 0 Å². The van der Waals surface area contributed by atoms with Crippen LogP contribution < -0.4 is 0 Å². The first-order valence-corrected chi connectivity index (χ1v) is 11.2. The monoisotopic (exact) mass is 350 g/mol. The number of rotatable bonds is 6. The van der Waals surface area contributed by atoms with Gasteiger partial charge >= 0.3 is 0 Å². The van der Waals surface area contributed by atoms with E-state index >= 15 is 0 Å². The van der Waals surface area contributed by atoms with Crippen molar-refractivity contribution in [2.75, 3.05) is 12.3 Å². The van der Waals surface area contributed by atoms with Gasteiger partial charge in [0.25, 0.3) is 0 Å². The van der Waals surface area contributed by atoms with E-state index in [0.717, 1.165) is 31.1 Å². The van der Waals surface area contributed by atoms with Gasteiger partial charge in [0.1, 0.15) is 0 Å². The van der Waals surface area contributed by atoms with Gasteiger partial charge in [0, 0.05) is 36.4 Å². The largest absolute Gasteiger partial charge is 0.336 e. The molecule has 2 saturated heterocycles. The number of amides is 1. The molecule has 2 aliphatic heterocycles. The van der Waals surface area contributed by atoms with Gasteiger partial charge in [-0.2, -0.15) is 0 Å². The fourth-order valence-corrected chi connectivity index (χ4v) is 6.53. The molecule has 3 heterocycles. The van der Waals surface area contributed by atoms with E-state index in [1.807, 2.05) is 33.9 Å². The highest BCUT2D eigenvalue weighted by molar-refractivity contribution is 8.77. The normalized spacial score (nSPS) is 24.8. The van der Waals surface area contributed by atoms with Gasteiger partial charge in [0.15, 0.2) is 0 Å². The summed E-state index contributed by atoms with van der Waals surface area (Å²) in [5.74, 6) is 1.64. The summed E-state index contributed by atoms with van der Waals surface area (Å²) in [5.41, 5.74) is 1.19. The van der Waals surface area contributed by atoms with E-state index in [9.17, 15) is 4.79 Å². The van der Waals surface area contributed by atoms with Gasteiger partial charge in [0.2, 0.25) is 5.91 Å². The molecule has 0 bridgehead atoms. The molecule has 3 nitrogen and oxygen atoms in total. The highest BCUT2D eigenvalue weighted by atomic mass is 33.1. The number of pyridine rings is 1. The van der Waals surface area contributed by atoms with E-state index in [0.29, 0.717) is 12.3 Å². The molecule has 5 heteroatoms. The lowest BCUT2D eigenvalue weighted by Crippen LogP contribution is -2.38. The van der Waals surface area contributed by atoms with Crippen LogP contribution in [0.25, 0.3) is 0 Å². The van der Waals surface area contributed by atoms with Crippen LogP contribution in [0.1, 0.15) is 63.0 Å². The molecule has 126 valence electrons. The SMILES string of the molecule is O=C(CCCC[C@@H]1CCSS1)N1CCCC[C@H]1c1cccnc1. The summed E-state index contributed by atoms with van der Waals surface area (Å²) in [7, 11) is 4.04. The van der Waals surface area contributed by atoms with Gasteiger partial charge in [-0.05, 0) is 50.2 Å². The van der Waals surface area contributed by atoms with Gasteiger partial charge in [-0.3, -0.25) is 9.78 Å². The van der Waals surface area contributed by atoms with Crippen LogP contribution in [0.2, 0.25) is 0 Å². The van der Waals surface area contributed by atoms with Gasteiger partial charge in [-0.25, -0.2) is 0 Å². The first-order chi connectivity index (χ1) is 11.3. The molecule has 1 amide bonds. The standard InChI is InChI=1S/C18H26N2OS2/c21-18(9-2-1-7-16-10-13-22-23-16)20-12-4-3-8-17(20)15-6-5-11-19-14-15/h5-6,11,14,16-17H,1-4,7-10,12-13H2/t16-,17+/m1/s1. The van der Waals surface area contributed by atoms with Crippen LogP contribution in [0.15, 0.2) is 24.5 Å². The van der Waals surface area contributed by atoms with Crippen molar-refractivity contribution in [3.8, 4) is 0 Å². The highest BCUT2D eigenvalue weighted by Gasteiger charge is 2.27. The van der Waals surface area contributed by atoms with Gasteiger partial charge in [0.05, 0.1) is 6.04 Å². The third kappa shape index (κ3) is 4.90. The highest BCUT2D eigenvalue weighted by Crippen LogP contribution is 2.40. The number of carbonyl (C=O) groups excluding carboxylic acids is 1. The summed E-state index contributed by atoms with van der Waals surface area (Å²) in [5, 5.41) is 0.827. The Bertz CT molecular complexity index is 491. The van der Waals surface area contributed by atoms with Crippen molar-refractivity contribution in [3.05, 3.63) is 30.1 Å². The lowest BCUT2D eigenvalue weighted by molar-refractivity contribution is -0.135. The van der Waals surface area contributed by atoms with Crippen LogP contribution in [0.3, 0.4) is 0 Å². The Balaban J connectivity index is 1.48. The van der Waals surface area contributed by atoms with E-state index in [1.165, 1.54) is 37.0 Å². The lowest BCUT2D eigenvalue weighted by Gasteiger charge is -2.36. The minimum Gasteiger partial charge on any atom is -0.336 e. The number of hydrogen-bond donors (Lipinski definition) is 0. The summed E-state index contributed by atoms with van der Waals surface area (Å²) in [6, 6.07) is 4.33. The predicted molar refractivity (Wildman–Crippen MR) is 99.5 cm³/mol. The summed E-state index contributed by atoms with van der Waals surface area (Å²) >= 11 is 0. The average molecular weight is 351 g/mol. The predicted octanol–water partition coefficient (Wildman–Crippen LogP) is 4.85. The maximum absolute atomic E-state index is 12.7. The van der Waals surface area contributed by atoms with Crippen molar-refractivity contribution in [2.45, 2.75) is 62.7 Å². The van der Waals surface area contributed by atoms with Crippen molar-refractivity contribution >= 4 is 27.5 Å². The molecule has 0 aliphatic carbocycles. The Morgan fingerprint density at radius 3 is 3.04 bits per heavy atom. The molecule has 0 N–H and O–H groups in total. The third-order valence-electron chi connectivity index (χ3n) is 4.79. The fourth-order valence-electron chi connectivity index (χ4n) is 3.51. The average Bonchev–Trinajstić information content (AvgIpc) is 3.13. The lowest BCUT2D eigenvalue weighted by atomic mass is 9.95. The van der Waals surface area contributed by atoms with Crippen LogP contribution in [0.5, 0.6) is 0 Å². The Labute approximate surface area is 147 Å². The summed E-state index contributed by atoms with van der Waals surface area (Å²) in [4.78, 5) is 19.0. The Morgan fingerprint density at radius 1 is 1.30 bits per heavy atom.